The van der Waals surface area contributed by atoms with Crippen molar-refractivity contribution in [1.29, 1.82) is 0 Å². The lowest BCUT2D eigenvalue weighted by Crippen LogP contribution is -2.23. The number of benzene rings is 1. The molecule has 1 nitrogen and oxygen atoms in total. The first-order chi connectivity index (χ1) is 8.47. The Morgan fingerprint density at radius 3 is 1.65 bits per heavy atom. The van der Waals surface area contributed by atoms with Gasteiger partial charge in [-0.1, -0.05) is 58.7 Å². The molecule has 0 bridgehead atoms. The molecule has 1 saturated heterocycles. The summed E-state index contributed by atoms with van der Waals surface area (Å²) in [5.41, 5.74) is 1.39. The van der Waals surface area contributed by atoms with Crippen LogP contribution in [-0.4, -0.2) is 13.1 Å². The molecule has 1 heteroatoms. The smallest absolute Gasteiger partial charge is 0.0366 e. The van der Waals surface area contributed by atoms with E-state index in [1.165, 1.54) is 44.5 Å². The second-order valence-electron chi connectivity index (χ2n) is 3.74. The van der Waals surface area contributed by atoms with Crippen LogP contribution in [0.25, 0.3) is 0 Å². The number of rotatable bonds is 1. The number of nitrogens with zero attached hydrogens (tertiary/aromatic N) is 1. The highest BCUT2D eigenvalue weighted by atomic mass is 15.1. The van der Waals surface area contributed by atoms with Crippen molar-refractivity contribution in [3.63, 3.8) is 0 Å². The molecule has 0 atom stereocenters. The molecule has 0 unspecified atom stereocenters. The van der Waals surface area contributed by atoms with Gasteiger partial charge >= 0.3 is 0 Å². The van der Waals surface area contributed by atoms with E-state index < -0.39 is 0 Å². The minimum Gasteiger partial charge on any atom is -0.372 e. The first-order valence-electron chi connectivity index (χ1n) is 7.27. The summed E-state index contributed by atoms with van der Waals surface area (Å²) in [6.45, 7) is 10.5. The average Bonchev–Trinajstić information content (AvgIpc) is 2.73. The molecule has 2 rings (SSSR count). The summed E-state index contributed by atoms with van der Waals surface area (Å²) in [7, 11) is 0. The van der Waals surface area contributed by atoms with Gasteiger partial charge in [-0.05, 0) is 25.0 Å². The maximum atomic E-state index is 2.51. The van der Waals surface area contributed by atoms with Gasteiger partial charge in [-0.2, -0.15) is 0 Å². The van der Waals surface area contributed by atoms with Gasteiger partial charge in [0.25, 0.3) is 0 Å². The molecule has 1 aliphatic heterocycles. The molecule has 0 N–H and O–H groups in total. The van der Waals surface area contributed by atoms with Gasteiger partial charge in [0.05, 0.1) is 0 Å². The van der Waals surface area contributed by atoms with E-state index in [-0.39, 0.29) is 0 Å². The largest absolute Gasteiger partial charge is 0.372 e. The molecule has 17 heavy (non-hydrogen) atoms. The quantitative estimate of drug-likeness (QED) is 0.653. The van der Waals surface area contributed by atoms with Crippen molar-refractivity contribution >= 4 is 5.69 Å². The fourth-order valence-corrected chi connectivity index (χ4v) is 1.97. The van der Waals surface area contributed by atoms with Crippen LogP contribution in [0.1, 0.15) is 53.4 Å². The lowest BCUT2D eigenvalue weighted by molar-refractivity contribution is 0.726. The zero-order chi connectivity index (χ0) is 12.9. The lowest BCUT2D eigenvalue weighted by Gasteiger charge is -2.22. The zero-order valence-corrected chi connectivity index (χ0v) is 12.1. The van der Waals surface area contributed by atoms with Crippen molar-refractivity contribution in [2.45, 2.75) is 53.4 Å². The Bertz CT molecular complexity index is 235. The molecule has 1 heterocycles. The fraction of sp³-hybridized carbons (Fsp3) is 0.625. The van der Waals surface area contributed by atoms with Crippen molar-refractivity contribution < 1.29 is 0 Å². The van der Waals surface area contributed by atoms with Gasteiger partial charge in [-0.3, -0.25) is 0 Å². The van der Waals surface area contributed by atoms with Gasteiger partial charge in [0, 0.05) is 18.8 Å². The summed E-state index contributed by atoms with van der Waals surface area (Å²) in [6, 6.07) is 10.8. The number of hydrogen-bond acceptors (Lipinski definition) is 1. The Hall–Kier alpha value is -0.980. The molecule has 98 valence electrons. The molecule has 0 spiro atoms. The predicted octanol–water partition coefficient (Wildman–Crippen LogP) is 5.12. The molecule has 0 amide bonds. The van der Waals surface area contributed by atoms with Crippen LogP contribution in [0.4, 0.5) is 5.69 Å². The highest BCUT2D eigenvalue weighted by Crippen LogP contribution is 2.18. The molecule has 1 aromatic rings. The molecule has 1 aliphatic rings. The van der Waals surface area contributed by atoms with E-state index in [4.69, 9.17) is 0 Å². The summed E-state index contributed by atoms with van der Waals surface area (Å²) in [6.07, 6.45) is 5.52. The summed E-state index contributed by atoms with van der Waals surface area (Å²) in [4.78, 5) is 2.51. The van der Waals surface area contributed by atoms with Gasteiger partial charge in [-0.25, -0.2) is 0 Å². The van der Waals surface area contributed by atoms with Crippen LogP contribution in [0.2, 0.25) is 0 Å². The molecule has 0 saturated carbocycles. The van der Waals surface area contributed by atoms with Crippen LogP contribution in [0, 0.1) is 0 Å². The molecule has 1 fully saturated rings. The van der Waals surface area contributed by atoms with Crippen LogP contribution in [0.3, 0.4) is 0 Å². The van der Waals surface area contributed by atoms with E-state index in [0.717, 1.165) is 0 Å². The molecule has 0 radical (unpaired) electrons. The Morgan fingerprint density at radius 1 is 0.706 bits per heavy atom. The minimum atomic E-state index is 1.24. The summed E-state index contributed by atoms with van der Waals surface area (Å²) < 4.78 is 0. The first kappa shape index (κ1) is 16.0. The predicted molar refractivity (Wildman–Crippen MR) is 79.8 cm³/mol. The Balaban J connectivity index is 0.000000581. The second kappa shape index (κ2) is 11.5. The van der Waals surface area contributed by atoms with Gasteiger partial charge in [0.2, 0.25) is 0 Å². The van der Waals surface area contributed by atoms with E-state index in [9.17, 15) is 0 Å². The molecular formula is C16H29N. The highest BCUT2D eigenvalue weighted by molar-refractivity contribution is 5.45. The maximum absolute atomic E-state index is 2.51. The Labute approximate surface area is 108 Å². The van der Waals surface area contributed by atoms with Crippen molar-refractivity contribution in [2.75, 3.05) is 18.0 Å². The van der Waals surface area contributed by atoms with Gasteiger partial charge < -0.3 is 4.90 Å². The average molecular weight is 235 g/mol. The lowest BCUT2D eigenvalue weighted by atomic mass is 10.2. The van der Waals surface area contributed by atoms with Gasteiger partial charge in [0.1, 0.15) is 0 Å². The van der Waals surface area contributed by atoms with Crippen LogP contribution in [0.5, 0.6) is 0 Å². The number of para-hydroxylation sites is 1. The van der Waals surface area contributed by atoms with Gasteiger partial charge in [0.15, 0.2) is 0 Å². The summed E-state index contributed by atoms with van der Waals surface area (Å²) in [5, 5.41) is 0. The maximum Gasteiger partial charge on any atom is 0.0366 e. The fourth-order valence-electron chi connectivity index (χ4n) is 1.97. The van der Waals surface area contributed by atoms with E-state index in [1.807, 2.05) is 27.7 Å². The third kappa shape index (κ3) is 6.35. The normalized spacial score (nSPS) is 14.7. The topological polar surface area (TPSA) is 3.24 Å². The highest BCUT2D eigenvalue weighted by Gasteiger charge is 2.08. The second-order valence-corrected chi connectivity index (χ2v) is 3.74. The third-order valence-electron chi connectivity index (χ3n) is 2.73. The Morgan fingerprint density at radius 2 is 1.18 bits per heavy atom. The minimum absolute atomic E-state index is 1.24. The van der Waals surface area contributed by atoms with E-state index >= 15 is 0 Å². The third-order valence-corrected chi connectivity index (χ3v) is 2.73. The van der Waals surface area contributed by atoms with Crippen LogP contribution >= 0.6 is 0 Å². The standard InChI is InChI=1S/C12H17N.2C2H6/c1-2-7-11-13(10-6-1)12-8-4-3-5-9-12;2*1-2/h3-5,8-9H,1-2,6-7,10-11H2;2*1-2H3. The van der Waals surface area contributed by atoms with Crippen molar-refractivity contribution in [3.05, 3.63) is 30.3 Å². The number of hydrogen-bond donors (Lipinski definition) is 0. The Kier molecular flexibility index (Phi) is 10.8. The van der Waals surface area contributed by atoms with Crippen LogP contribution in [-0.2, 0) is 0 Å². The SMILES string of the molecule is CC.CC.c1ccc(N2CCCCCC2)cc1. The van der Waals surface area contributed by atoms with Crippen molar-refractivity contribution in [3.8, 4) is 0 Å². The van der Waals surface area contributed by atoms with E-state index in [1.54, 1.807) is 0 Å². The van der Waals surface area contributed by atoms with E-state index in [0.29, 0.717) is 0 Å². The number of anilines is 1. The van der Waals surface area contributed by atoms with Crippen molar-refractivity contribution in [2.24, 2.45) is 0 Å². The summed E-state index contributed by atoms with van der Waals surface area (Å²) in [5.74, 6) is 0. The zero-order valence-electron chi connectivity index (χ0n) is 12.1. The van der Waals surface area contributed by atoms with Crippen LogP contribution < -0.4 is 4.90 Å². The summed E-state index contributed by atoms with van der Waals surface area (Å²) >= 11 is 0. The monoisotopic (exact) mass is 235 g/mol. The molecule has 0 aliphatic carbocycles. The molecular weight excluding hydrogens is 206 g/mol. The first-order valence-corrected chi connectivity index (χ1v) is 7.27. The molecule has 0 aromatic heterocycles. The van der Waals surface area contributed by atoms with Crippen molar-refractivity contribution in [1.82, 2.24) is 0 Å². The van der Waals surface area contributed by atoms with Crippen LogP contribution in [0.15, 0.2) is 30.3 Å². The van der Waals surface area contributed by atoms with E-state index in [2.05, 4.69) is 35.2 Å². The van der Waals surface area contributed by atoms with Gasteiger partial charge in [-0.15, -0.1) is 0 Å². The molecule has 1 aromatic carbocycles.